The van der Waals surface area contributed by atoms with Gasteiger partial charge in [0.05, 0.1) is 30.9 Å². The Hall–Kier alpha value is -1.27. The van der Waals surface area contributed by atoms with E-state index < -0.39 is 0 Å². The van der Waals surface area contributed by atoms with Crippen molar-refractivity contribution in [3.8, 4) is 0 Å². The smallest absolute Gasteiger partial charge is 0.274 e. The zero-order valence-corrected chi connectivity index (χ0v) is 16.5. The molecule has 0 saturated heterocycles. The first-order chi connectivity index (χ1) is 11.3. The van der Waals surface area contributed by atoms with Crippen LogP contribution in [0, 0.1) is 13.8 Å². The number of rotatable bonds is 2. The zero-order valence-electron chi connectivity index (χ0n) is 12.6. The van der Waals surface area contributed by atoms with Crippen molar-refractivity contribution < 1.29 is 4.79 Å². The van der Waals surface area contributed by atoms with Crippen molar-refractivity contribution in [3.05, 3.63) is 60.9 Å². The largest absolute Gasteiger partial charge is 0.319 e. The average Bonchev–Trinajstić information content (AvgIpc) is 2.81. The molecule has 0 aliphatic heterocycles. The third-order valence-corrected chi connectivity index (χ3v) is 5.08. The van der Waals surface area contributed by atoms with Gasteiger partial charge in [-0.25, -0.2) is 4.98 Å². The van der Waals surface area contributed by atoms with Gasteiger partial charge in [-0.05, 0) is 53.5 Å². The van der Waals surface area contributed by atoms with Crippen LogP contribution in [0.2, 0.25) is 15.1 Å². The van der Waals surface area contributed by atoms with Gasteiger partial charge in [0.15, 0.2) is 5.65 Å². The lowest BCUT2D eigenvalue weighted by molar-refractivity contribution is 0.102. The van der Waals surface area contributed by atoms with Gasteiger partial charge in [-0.3, -0.25) is 9.20 Å². The normalized spacial score (nSPS) is 11.1. The van der Waals surface area contributed by atoms with Gasteiger partial charge < -0.3 is 5.32 Å². The minimum Gasteiger partial charge on any atom is -0.319 e. The van der Waals surface area contributed by atoms with Gasteiger partial charge in [0, 0.05) is 6.20 Å². The summed E-state index contributed by atoms with van der Waals surface area (Å²) in [6.07, 6.45) is 1.85. The Morgan fingerprint density at radius 1 is 1.12 bits per heavy atom. The molecular formula is C16H11BrCl3N3O. The van der Waals surface area contributed by atoms with Crippen molar-refractivity contribution in [1.82, 2.24) is 9.38 Å². The van der Waals surface area contributed by atoms with Gasteiger partial charge in [0.2, 0.25) is 0 Å². The number of pyridine rings is 1. The maximum atomic E-state index is 12.8. The summed E-state index contributed by atoms with van der Waals surface area (Å²) in [4.78, 5) is 17.2. The van der Waals surface area contributed by atoms with Gasteiger partial charge in [-0.2, -0.15) is 0 Å². The summed E-state index contributed by atoms with van der Waals surface area (Å²) in [5.74, 6) is -0.335. The number of nitrogens with zero attached hydrogens (tertiary/aromatic N) is 2. The highest BCUT2D eigenvalue weighted by Gasteiger charge is 2.19. The van der Waals surface area contributed by atoms with E-state index in [0.717, 1.165) is 10.0 Å². The van der Waals surface area contributed by atoms with Crippen molar-refractivity contribution in [2.75, 3.05) is 5.32 Å². The number of aromatic nitrogens is 2. The molecule has 1 amide bonds. The van der Waals surface area contributed by atoms with Crippen molar-refractivity contribution in [1.29, 1.82) is 0 Å². The van der Waals surface area contributed by atoms with E-state index >= 15 is 0 Å². The quantitative estimate of drug-likeness (QED) is 0.495. The Balaban J connectivity index is 2.07. The third kappa shape index (κ3) is 3.14. The van der Waals surface area contributed by atoms with Gasteiger partial charge in [-0.1, -0.05) is 34.8 Å². The lowest BCUT2D eigenvalue weighted by Crippen LogP contribution is -2.16. The molecular weight excluding hydrogens is 436 g/mol. The van der Waals surface area contributed by atoms with E-state index in [1.807, 2.05) is 19.2 Å². The molecule has 0 bridgehead atoms. The molecule has 1 N–H and O–H groups in total. The lowest BCUT2D eigenvalue weighted by Gasteiger charge is -2.10. The fourth-order valence-electron chi connectivity index (χ4n) is 2.42. The molecule has 24 heavy (non-hydrogen) atoms. The average molecular weight is 448 g/mol. The maximum Gasteiger partial charge on any atom is 0.274 e. The van der Waals surface area contributed by atoms with Crippen LogP contribution in [-0.2, 0) is 0 Å². The Morgan fingerprint density at radius 3 is 2.50 bits per heavy atom. The highest BCUT2D eigenvalue weighted by atomic mass is 79.9. The Morgan fingerprint density at radius 2 is 1.79 bits per heavy atom. The molecule has 0 unspecified atom stereocenters. The number of hydrogen-bond acceptors (Lipinski definition) is 2. The molecule has 8 heteroatoms. The number of amides is 1. The molecule has 1 aromatic carbocycles. The number of hydrogen-bond donors (Lipinski definition) is 1. The number of anilines is 1. The molecule has 0 aliphatic rings. The van der Waals surface area contributed by atoms with Crippen LogP contribution in [0.25, 0.3) is 5.65 Å². The van der Waals surface area contributed by atoms with E-state index in [1.54, 1.807) is 11.3 Å². The molecule has 0 aliphatic carbocycles. The van der Waals surface area contributed by atoms with Crippen LogP contribution in [0.3, 0.4) is 0 Å². The Kier molecular flexibility index (Phi) is 4.80. The maximum absolute atomic E-state index is 12.8. The second-order valence-corrected chi connectivity index (χ2v) is 7.38. The number of nitrogens with one attached hydrogen (secondary N) is 1. The molecule has 0 fully saturated rings. The number of aryl methyl sites for hydroxylation is 2. The summed E-state index contributed by atoms with van der Waals surface area (Å²) in [6, 6.07) is 4.95. The Labute approximate surface area is 161 Å². The monoisotopic (exact) mass is 445 g/mol. The number of fused-ring (bicyclic) bond motifs is 1. The number of imidazole rings is 1. The van der Waals surface area contributed by atoms with Crippen LogP contribution in [0.4, 0.5) is 5.69 Å². The van der Waals surface area contributed by atoms with Crippen LogP contribution in [-0.4, -0.2) is 15.3 Å². The number of carbonyl (C=O) groups is 1. The van der Waals surface area contributed by atoms with Crippen molar-refractivity contribution in [2.45, 2.75) is 13.8 Å². The van der Waals surface area contributed by atoms with Crippen LogP contribution in [0.15, 0.2) is 28.9 Å². The molecule has 4 nitrogen and oxygen atoms in total. The summed E-state index contributed by atoms with van der Waals surface area (Å²) in [5.41, 5.74) is 3.08. The Bertz CT molecular complexity index is 985. The van der Waals surface area contributed by atoms with Crippen LogP contribution >= 0.6 is 50.7 Å². The summed E-state index contributed by atoms with van der Waals surface area (Å²) < 4.78 is 2.56. The standard InChI is InChI=1S/C16H11BrCl3N3O/c1-7-3-9(17)15-21-8(2)14(23(15)6-7)16(24)22-13-5-11(19)10(18)4-12(13)20/h3-6H,1-2H3,(H,22,24). The molecule has 3 aromatic rings. The van der Waals surface area contributed by atoms with Crippen LogP contribution < -0.4 is 5.32 Å². The molecule has 0 radical (unpaired) electrons. The predicted octanol–water partition coefficient (Wildman–Crippen LogP) is 5.93. The lowest BCUT2D eigenvalue weighted by atomic mass is 10.2. The van der Waals surface area contributed by atoms with Gasteiger partial charge in [0.1, 0.15) is 5.69 Å². The highest BCUT2D eigenvalue weighted by molar-refractivity contribution is 9.10. The third-order valence-electron chi connectivity index (χ3n) is 3.46. The predicted molar refractivity (Wildman–Crippen MR) is 102 cm³/mol. The highest BCUT2D eigenvalue weighted by Crippen LogP contribution is 2.32. The van der Waals surface area contributed by atoms with E-state index in [1.165, 1.54) is 12.1 Å². The van der Waals surface area contributed by atoms with E-state index in [2.05, 4.69) is 26.2 Å². The summed E-state index contributed by atoms with van der Waals surface area (Å²) >= 11 is 21.5. The topological polar surface area (TPSA) is 46.4 Å². The van der Waals surface area contributed by atoms with E-state index in [0.29, 0.717) is 37.8 Å². The molecule has 0 saturated carbocycles. The fourth-order valence-corrected chi connectivity index (χ4v) is 3.65. The zero-order chi connectivity index (χ0) is 17.6. The number of carbonyl (C=O) groups excluding carboxylic acids is 1. The first-order valence-corrected chi connectivity index (χ1v) is 8.81. The van der Waals surface area contributed by atoms with Crippen molar-refractivity contribution >= 4 is 68.0 Å². The van der Waals surface area contributed by atoms with Gasteiger partial charge in [0.25, 0.3) is 5.91 Å². The van der Waals surface area contributed by atoms with Crippen molar-refractivity contribution in [3.63, 3.8) is 0 Å². The molecule has 3 rings (SSSR count). The summed E-state index contributed by atoms with van der Waals surface area (Å²) in [5, 5.41) is 3.70. The minimum absolute atomic E-state index is 0.307. The SMILES string of the molecule is Cc1cc(Br)c2nc(C)c(C(=O)Nc3cc(Cl)c(Cl)cc3Cl)n2c1. The minimum atomic E-state index is -0.335. The number of halogens is 4. The first-order valence-electron chi connectivity index (χ1n) is 6.88. The second-order valence-electron chi connectivity index (χ2n) is 5.31. The molecule has 0 spiro atoms. The van der Waals surface area contributed by atoms with Gasteiger partial charge >= 0.3 is 0 Å². The summed E-state index contributed by atoms with van der Waals surface area (Å²) in [6.45, 7) is 3.72. The summed E-state index contributed by atoms with van der Waals surface area (Å²) in [7, 11) is 0. The van der Waals surface area contributed by atoms with Crippen LogP contribution in [0.5, 0.6) is 0 Å². The molecule has 124 valence electrons. The van der Waals surface area contributed by atoms with E-state index in [4.69, 9.17) is 34.8 Å². The molecule has 0 atom stereocenters. The molecule has 2 heterocycles. The van der Waals surface area contributed by atoms with E-state index in [9.17, 15) is 4.79 Å². The molecule has 2 aromatic heterocycles. The van der Waals surface area contributed by atoms with Crippen LogP contribution in [0.1, 0.15) is 21.7 Å². The second kappa shape index (κ2) is 6.56. The van der Waals surface area contributed by atoms with Crippen molar-refractivity contribution in [2.24, 2.45) is 0 Å². The van der Waals surface area contributed by atoms with E-state index in [-0.39, 0.29) is 5.91 Å². The number of benzene rings is 1. The van der Waals surface area contributed by atoms with Gasteiger partial charge in [-0.15, -0.1) is 0 Å². The fraction of sp³-hybridized carbons (Fsp3) is 0.125. The first kappa shape index (κ1) is 17.5.